The summed E-state index contributed by atoms with van der Waals surface area (Å²) < 4.78 is 8.56. The molecule has 1 aromatic carbocycles. The van der Waals surface area contributed by atoms with E-state index in [1.54, 1.807) is 15.3 Å². The van der Waals surface area contributed by atoms with Crippen molar-refractivity contribution in [1.29, 1.82) is 0 Å². The van der Waals surface area contributed by atoms with Gasteiger partial charge in [0.1, 0.15) is 0 Å². The molecule has 0 saturated carbocycles. The van der Waals surface area contributed by atoms with Gasteiger partial charge in [0.25, 0.3) is 0 Å². The first-order valence-corrected chi connectivity index (χ1v) is 7.97. The zero-order chi connectivity index (χ0) is 16.2. The maximum absolute atomic E-state index is 12.6. The van der Waals surface area contributed by atoms with E-state index in [1.165, 1.54) is 0 Å². The van der Waals surface area contributed by atoms with E-state index < -0.39 is 6.10 Å². The molecule has 2 aromatic rings. The number of aryl methyl sites for hydroxylation is 1. The van der Waals surface area contributed by atoms with Crippen molar-refractivity contribution in [2.45, 2.75) is 19.6 Å². The molecule has 124 valence electrons. The molecule has 0 spiro atoms. The van der Waals surface area contributed by atoms with Gasteiger partial charge in [-0.2, -0.15) is 0 Å². The van der Waals surface area contributed by atoms with Gasteiger partial charge in [-0.15, -0.1) is 0 Å². The number of aliphatic hydroxyl groups is 1. The van der Waals surface area contributed by atoms with Crippen molar-refractivity contribution >= 4 is 0 Å². The van der Waals surface area contributed by atoms with Crippen molar-refractivity contribution in [2.75, 3.05) is 32.8 Å². The Kier molecular flexibility index (Phi) is 4.95. The van der Waals surface area contributed by atoms with Crippen LogP contribution in [0.15, 0.2) is 41.3 Å². The number of β-amino-alcohol motifs (C(OH)–C–C–N with tert-alkyl or cyclic N) is 1. The Balaban J connectivity index is 1.72. The number of hydrogen-bond donors (Lipinski definition) is 1. The molecule has 23 heavy (non-hydrogen) atoms. The second-order valence-electron chi connectivity index (χ2n) is 5.94. The monoisotopic (exact) mass is 317 g/mol. The summed E-state index contributed by atoms with van der Waals surface area (Å²) in [7, 11) is 0. The van der Waals surface area contributed by atoms with E-state index >= 15 is 0 Å². The number of aliphatic hydroxyl groups excluding tert-OH is 1. The third-order valence-corrected chi connectivity index (χ3v) is 4.13. The van der Waals surface area contributed by atoms with Crippen LogP contribution in [-0.4, -0.2) is 58.1 Å². The van der Waals surface area contributed by atoms with Crippen LogP contribution < -0.4 is 5.69 Å². The SMILES string of the molecule is Cc1cn(C[C@@H](O)CN2CCOCC2)c(=O)n1-c1ccccc1. The topological polar surface area (TPSA) is 59.6 Å². The Morgan fingerprint density at radius 2 is 1.87 bits per heavy atom. The highest BCUT2D eigenvalue weighted by atomic mass is 16.5. The van der Waals surface area contributed by atoms with Crippen LogP contribution in [0.3, 0.4) is 0 Å². The summed E-state index contributed by atoms with van der Waals surface area (Å²) in [5.41, 5.74) is 1.59. The molecule has 3 rings (SSSR count). The summed E-state index contributed by atoms with van der Waals surface area (Å²) in [6.07, 6.45) is 1.23. The number of para-hydroxylation sites is 1. The summed E-state index contributed by atoms with van der Waals surface area (Å²) in [5.74, 6) is 0. The Morgan fingerprint density at radius 1 is 1.17 bits per heavy atom. The number of hydrogen-bond acceptors (Lipinski definition) is 4. The van der Waals surface area contributed by atoms with Crippen molar-refractivity contribution in [1.82, 2.24) is 14.0 Å². The first kappa shape index (κ1) is 16.0. The van der Waals surface area contributed by atoms with Gasteiger partial charge in [-0.05, 0) is 19.1 Å². The van der Waals surface area contributed by atoms with Crippen LogP contribution in [0.1, 0.15) is 5.69 Å². The Labute approximate surface area is 135 Å². The lowest BCUT2D eigenvalue weighted by Gasteiger charge is -2.28. The standard InChI is InChI=1S/C17H23N3O3/c1-14-11-19(13-16(21)12-18-7-9-23-10-8-18)17(22)20(14)15-5-3-2-4-6-15/h2-6,11,16,21H,7-10,12-13H2,1H3/t16-/m0/s1. The van der Waals surface area contributed by atoms with E-state index in [0.717, 1.165) is 24.5 Å². The van der Waals surface area contributed by atoms with Crippen molar-refractivity contribution < 1.29 is 9.84 Å². The number of rotatable bonds is 5. The summed E-state index contributed by atoms with van der Waals surface area (Å²) >= 11 is 0. The molecule has 1 saturated heterocycles. The zero-order valence-corrected chi connectivity index (χ0v) is 13.4. The van der Waals surface area contributed by atoms with E-state index in [9.17, 15) is 9.90 Å². The van der Waals surface area contributed by atoms with E-state index in [-0.39, 0.29) is 5.69 Å². The highest BCUT2D eigenvalue weighted by Crippen LogP contribution is 2.09. The van der Waals surface area contributed by atoms with Gasteiger partial charge in [-0.3, -0.25) is 14.0 Å². The molecular formula is C17H23N3O3. The third-order valence-electron chi connectivity index (χ3n) is 4.13. The largest absolute Gasteiger partial charge is 0.390 e. The van der Waals surface area contributed by atoms with Crippen LogP contribution >= 0.6 is 0 Å². The zero-order valence-electron chi connectivity index (χ0n) is 13.4. The highest BCUT2D eigenvalue weighted by Gasteiger charge is 2.17. The second kappa shape index (κ2) is 7.12. The van der Waals surface area contributed by atoms with Crippen molar-refractivity contribution in [3.8, 4) is 5.69 Å². The maximum atomic E-state index is 12.6. The van der Waals surface area contributed by atoms with E-state index in [2.05, 4.69) is 4.90 Å². The van der Waals surface area contributed by atoms with Crippen LogP contribution in [0.25, 0.3) is 5.69 Å². The van der Waals surface area contributed by atoms with E-state index in [4.69, 9.17) is 4.74 Å². The van der Waals surface area contributed by atoms with E-state index in [0.29, 0.717) is 26.3 Å². The molecule has 1 aliphatic heterocycles. The fourth-order valence-electron chi connectivity index (χ4n) is 3.01. The lowest BCUT2D eigenvalue weighted by Crippen LogP contribution is -2.42. The van der Waals surface area contributed by atoms with Crippen LogP contribution in [0.4, 0.5) is 0 Å². The first-order valence-electron chi connectivity index (χ1n) is 7.97. The normalized spacial score (nSPS) is 17.3. The van der Waals surface area contributed by atoms with Gasteiger partial charge >= 0.3 is 5.69 Å². The van der Waals surface area contributed by atoms with Gasteiger partial charge in [0.15, 0.2) is 0 Å². The third kappa shape index (κ3) is 3.72. The molecule has 2 heterocycles. The summed E-state index contributed by atoms with van der Waals surface area (Å²) in [6, 6.07) is 9.55. The van der Waals surface area contributed by atoms with Crippen molar-refractivity contribution in [3.05, 3.63) is 52.7 Å². The number of ether oxygens (including phenoxy) is 1. The maximum Gasteiger partial charge on any atom is 0.333 e. The minimum Gasteiger partial charge on any atom is -0.390 e. The predicted molar refractivity (Wildman–Crippen MR) is 88.0 cm³/mol. The Morgan fingerprint density at radius 3 is 2.57 bits per heavy atom. The molecular weight excluding hydrogens is 294 g/mol. The Bertz CT molecular complexity index is 687. The van der Waals surface area contributed by atoms with Crippen LogP contribution in [0.5, 0.6) is 0 Å². The molecule has 1 fully saturated rings. The molecule has 0 unspecified atom stereocenters. The van der Waals surface area contributed by atoms with E-state index in [1.807, 2.05) is 37.3 Å². The summed E-state index contributed by atoms with van der Waals surface area (Å²) in [6.45, 7) is 5.83. The molecule has 1 aromatic heterocycles. The molecule has 0 aliphatic carbocycles. The van der Waals surface area contributed by atoms with Gasteiger partial charge in [0.05, 0.1) is 31.5 Å². The number of aromatic nitrogens is 2. The highest BCUT2D eigenvalue weighted by molar-refractivity contribution is 5.33. The number of benzene rings is 1. The molecule has 0 amide bonds. The number of morpholine rings is 1. The molecule has 1 aliphatic rings. The summed E-state index contributed by atoms with van der Waals surface area (Å²) in [4.78, 5) is 14.8. The van der Waals surface area contributed by atoms with Crippen molar-refractivity contribution in [3.63, 3.8) is 0 Å². The second-order valence-corrected chi connectivity index (χ2v) is 5.94. The number of nitrogens with zero attached hydrogens (tertiary/aromatic N) is 3. The predicted octanol–water partition coefficient (Wildman–Crippen LogP) is 0.641. The summed E-state index contributed by atoms with van der Waals surface area (Å²) in [5, 5.41) is 10.3. The van der Waals surface area contributed by atoms with Gasteiger partial charge in [-0.25, -0.2) is 4.79 Å². The molecule has 0 bridgehead atoms. The van der Waals surface area contributed by atoms with Crippen molar-refractivity contribution in [2.24, 2.45) is 0 Å². The van der Waals surface area contributed by atoms with Crippen LogP contribution in [0.2, 0.25) is 0 Å². The van der Waals surface area contributed by atoms with Crippen LogP contribution in [0, 0.1) is 6.92 Å². The molecule has 6 nitrogen and oxygen atoms in total. The molecule has 1 atom stereocenters. The molecule has 6 heteroatoms. The minimum atomic E-state index is -0.572. The molecule has 1 N–H and O–H groups in total. The van der Waals surface area contributed by atoms with Gasteiger partial charge in [0, 0.05) is 31.5 Å². The van der Waals surface area contributed by atoms with Crippen LogP contribution in [-0.2, 0) is 11.3 Å². The quantitative estimate of drug-likeness (QED) is 0.879. The Hall–Kier alpha value is -1.89. The van der Waals surface area contributed by atoms with Gasteiger partial charge in [-0.1, -0.05) is 18.2 Å². The lowest BCUT2D eigenvalue weighted by atomic mass is 10.3. The average Bonchev–Trinajstić information content (AvgIpc) is 2.83. The average molecular weight is 317 g/mol. The first-order chi connectivity index (χ1) is 11.1. The molecule has 0 radical (unpaired) electrons. The fraction of sp³-hybridized carbons (Fsp3) is 0.471. The lowest BCUT2D eigenvalue weighted by molar-refractivity contribution is 0.0113. The van der Waals surface area contributed by atoms with Gasteiger partial charge < -0.3 is 9.84 Å². The smallest absolute Gasteiger partial charge is 0.333 e. The van der Waals surface area contributed by atoms with Gasteiger partial charge in [0.2, 0.25) is 0 Å². The fourth-order valence-corrected chi connectivity index (χ4v) is 3.01. The minimum absolute atomic E-state index is 0.116. The number of imidazole rings is 1.